The Bertz CT molecular complexity index is 669. The smallest absolute Gasteiger partial charge is 0.251 e. The van der Waals surface area contributed by atoms with Gasteiger partial charge < -0.3 is 15.4 Å². The standard InChI is InChI=1S/C19H22N2O3/c1-3-24-17-11-9-15(10-12-17)14(2)21-18(22)13-20-19(23)16-7-5-4-6-8-16/h4-12,14H,3,13H2,1-2H3,(H,20,23)(H,21,22). The second kappa shape index (κ2) is 8.72. The van der Waals surface area contributed by atoms with E-state index in [2.05, 4.69) is 10.6 Å². The van der Waals surface area contributed by atoms with Crippen LogP contribution in [0.2, 0.25) is 0 Å². The number of benzene rings is 2. The fourth-order valence-corrected chi connectivity index (χ4v) is 2.25. The van der Waals surface area contributed by atoms with Crippen molar-refractivity contribution in [2.75, 3.05) is 13.2 Å². The highest BCUT2D eigenvalue weighted by atomic mass is 16.5. The van der Waals surface area contributed by atoms with Crippen molar-refractivity contribution in [1.29, 1.82) is 0 Å². The van der Waals surface area contributed by atoms with Crippen LogP contribution in [0.15, 0.2) is 54.6 Å². The SMILES string of the molecule is CCOc1ccc(C(C)NC(=O)CNC(=O)c2ccccc2)cc1. The average molecular weight is 326 g/mol. The first-order chi connectivity index (χ1) is 11.6. The van der Waals surface area contributed by atoms with E-state index >= 15 is 0 Å². The topological polar surface area (TPSA) is 67.4 Å². The van der Waals surface area contributed by atoms with Crippen molar-refractivity contribution in [1.82, 2.24) is 10.6 Å². The average Bonchev–Trinajstić information content (AvgIpc) is 2.61. The maximum absolute atomic E-state index is 12.0. The van der Waals surface area contributed by atoms with Crippen LogP contribution < -0.4 is 15.4 Å². The van der Waals surface area contributed by atoms with Crippen LogP contribution in [0.5, 0.6) is 5.75 Å². The van der Waals surface area contributed by atoms with Crippen molar-refractivity contribution in [3.8, 4) is 5.75 Å². The zero-order valence-corrected chi connectivity index (χ0v) is 13.9. The minimum atomic E-state index is -0.264. The van der Waals surface area contributed by atoms with Gasteiger partial charge in [-0.05, 0) is 43.7 Å². The molecule has 0 aromatic heterocycles. The minimum Gasteiger partial charge on any atom is -0.494 e. The van der Waals surface area contributed by atoms with Crippen molar-refractivity contribution in [3.63, 3.8) is 0 Å². The zero-order chi connectivity index (χ0) is 17.4. The van der Waals surface area contributed by atoms with Crippen LogP contribution in [-0.2, 0) is 4.79 Å². The molecule has 5 heteroatoms. The molecule has 0 radical (unpaired) electrons. The van der Waals surface area contributed by atoms with Crippen LogP contribution in [0.3, 0.4) is 0 Å². The molecule has 0 bridgehead atoms. The Kier molecular flexibility index (Phi) is 6.37. The van der Waals surface area contributed by atoms with Gasteiger partial charge in [0.1, 0.15) is 5.75 Å². The minimum absolute atomic E-state index is 0.0604. The van der Waals surface area contributed by atoms with Gasteiger partial charge in [-0.15, -0.1) is 0 Å². The van der Waals surface area contributed by atoms with Crippen LogP contribution in [0.25, 0.3) is 0 Å². The monoisotopic (exact) mass is 326 g/mol. The van der Waals surface area contributed by atoms with Crippen molar-refractivity contribution in [2.24, 2.45) is 0 Å². The molecule has 0 aliphatic heterocycles. The van der Waals surface area contributed by atoms with Crippen LogP contribution in [0, 0.1) is 0 Å². The molecular formula is C19H22N2O3. The molecule has 2 amide bonds. The summed E-state index contributed by atoms with van der Waals surface area (Å²) in [4.78, 5) is 23.9. The third-order valence-corrected chi connectivity index (χ3v) is 3.51. The second-order valence-corrected chi connectivity index (χ2v) is 5.34. The van der Waals surface area contributed by atoms with Gasteiger partial charge in [0.15, 0.2) is 0 Å². The van der Waals surface area contributed by atoms with E-state index in [9.17, 15) is 9.59 Å². The molecule has 126 valence electrons. The number of amides is 2. The summed E-state index contributed by atoms with van der Waals surface area (Å²) in [7, 11) is 0. The van der Waals surface area contributed by atoms with E-state index in [1.165, 1.54) is 0 Å². The number of carbonyl (C=O) groups excluding carboxylic acids is 2. The Hall–Kier alpha value is -2.82. The van der Waals surface area contributed by atoms with Crippen molar-refractivity contribution >= 4 is 11.8 Å². The molecule has 0 spiro atoms. The highest BCUT2D eigenvalue weighted by Crippen LogP contribution is 2.17. The van der Waals surface area contributed by atoms with E-state index < -0.39 is 0 Å². The summed E-state index contributed by atoms with van der Waals surface area (Å²) >= 11 is 0. The number of ether oxygens (including phenoxy) is 1. The number of rotatable bonds is 7. The molecule has 2 rings (SSSR count). The molecule has 1 unspecified atom stereocenters. The van der Waals surface area contributed by atoms with E-state index in [0.29, 0.717) is 12.2 Å². The molecule has 0 heterocycles. The number of carbonyl (C=O) groups is 2. The van der Waals surface area contributed by atoms with Gasteiger partial charge in [-0.2, -0.15) is 0 Å². The quantitative estimate of drug-likeness (QED) is 0.822. The summed E-state index contributed by atoms with van der Waals surface area (Å²) in [5.41, 5.74) is 1.51. The van der Waals surface area contributed by atoms with Gasteiger partial charge in [-0.3, -0.25) is 9.59 Å². The lowest BCUT2D eigenvalue weighted by atomic mass is 10.1. The van der Waals surface area contributed by atoms with Crippen molar-refractivity contribution in [2.45, 2.75) is 19.9 Å². The molecule has 0 aliphatic carbocycles. The maximum Gasteiger partial charge on any atom is 0.251 e. The summed E-state index contributed by atoms with van der Waals surface area (Å²) < 4.78 is 5.39. The number of nitrogens with one attached hydrogen (secondary N) is 2. The lowest BCUT2D eigenvalue weighted by molar-refractivity contribution is -0.120. The first kappa shape index (κ1) is 17.5. The molecular weight excluding hydrogens is 304 g/mol. The highest BCUT2D eigenvalue weighted by Gasteiger charge is 2.11. The Balaban J connectivity index is 1.82. The van der Waals surface area contributed by atoms with E-state index in [-0.39, 0.29) is 24.4 Å². The van der Waals surface area contributed by atoms with E-state index in [0.717, 1.165) is 11.3 Å². The number of hydrogen-bond donors (Lipinski definition) is 2. The molecule has 2 N–H and O–H groups in total. The molecule has 24 heavy (non-hydrogen) atoms. The summed E-state index contributed by atoms with van der Waals surface area (Å²) in [5, 5.41) is 5.47. The van der Waals surface area contributed by atoms with Gasteiger partial charge in [-0.1, -0.05) is 30.3 Å². The molecule has 0 saturated carbocycles. The molecule has 0 aliphatic rings. The maximum atomic E-state index is 12.0. The normalized spacial score (nSPS) is 11.4. The molecule has 0 fully saturated rings. The van der Waals surface area contributed by atoms with E-state index in [1.54, 1.807) is 24.3 Å². The third-order valence-electron chi connectivity index (χ3n) is 3.51. The van der Waals surface area contributed by atoms with Crippen molar-refractivity contribution in [3.05, 3.63) is 65.7 Å². The fraction of sp³-hybridized carbons (Fsp3) is 0.263. The van der Waals surface area contributed by atoms with Gasteiger partial charge in [0.2, 0.25) is 5.91 Å². The first-order valence-corrected chi connectivity index (χ1v) is 7.95. The van der Waals surface area contributed by atoms with Crippen molar-refractivity contribution < 1.29 is 14.3 Å². The first-order valence-electron chi connectivity index (χ1n) is 7.95. The fourth-order valence-electron chi connectivity index (χ4n) is 2.25. The summed E-state index contributed by atoms with van der Waals surface area (Å²) in [6, 6.07) is 16.2. The van der Waals surface area contributed by atoms with Crippen LogP contribution >= 0.6 is 0 Å². The molecule has 1 atom stereocenters. The van der Waals surface area contributed by atoms with E-state index in [4.69, 9.17) is 4.74 Å². The Morgan fingerprint density at radius 3 is 2.33 bits per heavy atom. The lowest BCUT2D eigenvalue weighted by Crippen LogP contribution is -2.38. The van der Waals surface area contributed by atoms with Crippen LogP contribution in [0.4, 0.5) is 0 Å². The molecule has 2 aromatic carbocycles. The van der Waals surface area contributed by atoms with Gasteiger partial charge in [0.25, 0.3) is 5.91 Å². The van der Waals surface area contributed by atoms with Crippen LogP contribution in [0.1, 0.15) is 35.8 Å². The van der Waals surface area contributed by atoms with E-state index in [1.807, 2.05) is 44.2 Å². The van der Waals surface area contributed by atoms with Gasteiger partial charge in [0, 0.05) is 5.56 Å². The van der Waals surface area contributed by atoms with Crippen LogP contribution in [-0.4, -0.2) is 25.0 Å². The number of hydrogen-bond acceptors (Lipinski definition) is 3. The molecule has 5 nitrogen and oxygen atoms in total. The second-order valence-electron chi connectivity index (χ2n) is 5.34. The summed E-state index contributed by atoms with van der Waals surface area (Å²) in [5.74, 6) is 0.301. The summed E-state index contributed by atoms with van der Waals surface area (Å²) in [6.45, 7) is 4.38. The van der Waals surface area contributed by atoms with Gasteiger partial charge >= 0.3 is 0 Å². The highest BCUT2D eigenvalue weighted by molar-refractivity contribution is 5.96. The lowest BCUT2D eigenvalue weighted by Gasteiger charge is -2.15. The predicted molar refractivity (Wildman–Crippen MR) is 92.9 cm³/mol. The van der Waals surface area contributed by atoms with Gasteiger partial charge in [-0.25, -0.2) is 0 Å². The molecule has 2 aromatic rings. The Labute approximate surface area is 142 Å². The predicted octanol–water partition coefficient (Wildman–Crippen LogP) is 2.69. The largest absolute Gasteiger partial charge is 0.494 e. The third kappa shape index (κ3) is 5.12. The summed E-state index contributed by atoms with van der Waals surface area (Å²) in [6.07, 6.45) is 0. The molecule has 0 saturated heterocycles. The Morgan fingerprint density at radius 2 is 1.71 bits per heavy atom. The van der Waals surface area contributed by atoms with Gasteiger partial charge in [0.05, 0.1) is 19.2 Å². The zero-order valence-electron chi connectivity index (χ0n) is 13.9. The Morgan fingerprint density at radius 1 is 1.04 bits per heavy atom.